The number of aromatic amines is 4. The Balaban J connectivity index is 0.000000134. The lowest BCUT2D eigenvalue weighted by atomic mass is 10.2. The number of anilines is 4. The molecule has 6 aromatic heterocycles. The van der Waals surface area contributed by atoms with Crippen molar-refractivity contribution in [2.24, 2.45) is 20.0 Å². The highest BCUT2D eigenvalue weighted by Gasteiger charge is 2.18. The summed E-state index contributed by atoms with van der Waals surface area (Å²) in [7, 11) is 0. The van der Waals surface area contributed by atoms with Crippen LogP contribution < -0.4 is 19.6 Å². The number of benzene rings is 4. The van der Waals surface area contributed by atoms with Gasteiger partial charge in [-0.3, -0.25) is 20.0 Å². The molecular formula is C50H42N18. The number of H-pyrrole nitrogens is 4. The van der Waals surface area contributed by atoms with Crippen LogP contribution in [0.3, 0.4) is 0 Å². The SMILES string of the molecule is C1=NCCN1c1ccc2nc(-c3cccc(-c4nc5ccc(N6C=NCC6)cc5[nH]4)n3)[nH]c2c1.C1=NCCN1c1ccc2nc(-c3cccc(-c4nc5ccc(N6C=NCC6)cc5[nH]4)n3)[nH]c2c1. The number of rotatable bonds is 8. The van der Waals surface area contributed by atoms with E-state index in [0.717, 1.165) is 165 Å². The summed E-state index contributed by atoms with van der Waals surface area (Å²) in [5.74, 6) is 2.93. The predicted octanol–water partition coefficient (Wildman–Crippen LogP) is 7.73. The summed E-state index contributed by atoms with van der Waals surface area (Å²) >= 11 is 0. The summed E-state index contributed by atoms with van der Waals surface area (Å²) in [4.78, 5) is 68.2. The number of fused-ring (bicyclic) bond motifs is 4. The van der Waals surface area contributed by atoms with Gasteiger partial charge in [-0.1, -0.05) is 12.1 Å². The zero-order chi connectivity index (χ0) is 45.0. The molecule has 0 radical (unpaired) electrons. The summed E-state index contributed by atoms with van der Waals surface area (Å²) in [6.45, 7) is 6.94. The highest BCUT2D eigenvalue weighted by molar-refractivity contribution is 5.92. The van der Waals surface area contributed by atoms with Crippen molar-refractivity contribution in [3.63, 3.8) is 0 Å². The molecule has 0 amide bonds. The van der Waals surface area contributed by atoms with Gasteiger partial charge in [-0.25, -0.2) is 29.9 Å². The van der Waals surface area contributed by atoms with E-state index in [9.17, 15) is 0 Å². The zero-order valence-electron chi connectivity index (χ0n) is 36.6. The summed E-state index contributed by atoms with van der Waals surface area (Å²) in [5.41, 5.74) is 15.0. The quantitative estimate of drug-likeness (QED) is 0.117. The third kappa shape index (κ3) is 7.42. The van der Waals surface area contributed by atoms with Crippen molar-refractivity contribution in [3.05, 3.63) is 109 Å². The molecule has 0 spiro atoms. The van der Waals surface area contributed by atoms with Crippen LogP contribution in [0.1, 0.15) is 0 Å². The Kier molecular flexibility index (Phi) is 9.50. The zero-order valence-corrected chi connectivity index (χ0v) is 36.6. The molecule has 18 heteroatoms. The molecule has 4 N–H and O–H groups in total. The topological polar surface area (TPSA) is 203 Å². The van der Waals surface area contributed by atoms with E-state index in [1.54, 1.807) is 0 Å². The van der Waals surface area contributed by atoms with Crippen LogP contribution in [0.4, 0.5) is 22.7 Å². The first-order valence-corrected chi connectivity index (χ1v) is 22.6. The van der Waals surface area contributed by atoms with Crippen LogP contribution in [0.5, 0.6) is 0 Å². The number of nitrogens with one attached hydrogen (secondary N) is 4. The smallest absolute Gasteiger partial charge is 0.157 e. The van der Waals surface area contributed by atoms with Gasteiger partial charge in [-0.05, 0) is 97.1 Å². The maximum absolute atomic E-state index is 4.85. The van der Waals surface area contributed by atoms with Crippen LogP contribution in [-0.4, -0.2) is 128 Å². The molecule has 332 valence electrons. The number of hydrogen-bond acceptors (Lipinski definition) is 14. The van der Waals surface area contributed by atoms with Crippen molar-refractivity contribution in [1.29, 1.82) is 0 Å². The Morgan fingerprint density at radius 2 is 0.574 bits per heavy atom. The Morgan fingerprint density at radius 3 is 0.809 bits per heavy atom. The number of imidazole rings is 4. The van der Waals surface area contributed by atoms with Crippen LogP contribution >= 0.6 is 0 Å². The predicted molar refractivity (Wildman–Crippen MR) is 272 cm³/mol. The van der Waals surface area contributed by atoms with E-state index in [1.807, 2.05) is 86.0 Å². The average Bonchev–Trinajstić information content (AvgIpc) is 4.24. The fourth-order valence-corrected chi connectivity index (χ4v) is 8.89. The molecule has 4 aromatic carbocycles. The number of pyridine rings is 2. The molecule has 0 unspecified atom stereocenters. The van der Waals surface area contributed by atoms with Gasteiger partial charge in [0, 0.05) is 48.9 Å². The van der Waals surface area contributed by atoms with Crippen molar-refractivity contribution in [1.82, 2.24) is 49.8 Å². The first kappa shape index (κ1) is 39.3. The second-order valence-corrected chi connectivity index (χ2v) is 16.8. The van der Waals surface area contributed by atoms with Crippen LogP contribution in [0, 0.1) is 0 Å². The maximum atomic E-state index is 4.85. The highest BCUT2D eigenvalue weighted by Crippen LogP contribution is 2.30. The van der Waals surface area contributed by atoms with Gasteiger partial charge in [0.1, 0.15) is 22.8 Å². The minimum absolute atomic E-state index is 0.732. The van der Waals surface area contributed by atoms with Gasteiger partial charge in [0.25, 0.3) is 0 Å². The normalized spacial score (nSPS) is 15.4. The van der Waals surface area contributed by atoms with Gasteiger partial charge in [-0.2, -0.15) is 0 Å². The Morgan fingerprint density at radius 1 is 0.309 bits per heavy atom. The fraction of sp³-hybridized carbons (Fsp3) is 0.160. The summed E-state index contributed by atoms with van der Waals surface area (Å²) in [6.07, 6.45) is 7.55. The third-order valence-corrected chi connectivity index (χ3v) is 12.4. The molecule has 0 saturated heterocycles. The minimum atomic E-state index is 0.732. The minimum Gasteiger partial charge on any atom is -0.337 e. The fourth-order valence-electron chi connectivity index (χ4n) is 8.89. The number of aromatic nitrogens is 10. The maximum Gasteiger partial charge on any atom is 0.157 e. The third-order valence-electron chi connectivity index (χ3n) is 12.4. The largest absolute Gasteiger partial charge is 0.337 e. The summed E-state index contributed by atoms with van der Waals surface area (Å²) in [6, 6.07) is 36.7. The average molecular weight is 895 g/mol. The van der Waals surface area contributed by atoms with Gasteiger partial charge in [0.05, 0.1) is 95.7 Å². The molecule has 14 rings (SSSR count). The van der Waals surface area contributed by atoms with Crippen LogP contribution in [0.25, 0.3) is 90.2 Å². The Bertz CT molecular complexity index is 3190. The van der Waals surface area contributed by atoms with Gasteiger partial charge < -0.3 is 39.5 Å². The van der Waals surface area contributed by atoms with Gasteiger partial charge >= 0.3 is 0 Å². The lowest BCUT2D eigenvalue weighted by Gasteiger charge is -2.13. The van der Waals surface area contributed by atoms with Gasteiger partial charge in [0.15, 0.2) is 23.3 Å². The molecule has 10 aromatic rings. The molecule has 0 bridgehead atoms. The number of hydrogen-bond donors (Lipinski definition) is 4. The van der Waals surface area contributed by atoms with E-state index in [4.69, 9.17) is 29.9 Å². The molecule has 0 fully saturated rings. The summed E-state index contributed by atoms with van der Waals surface area (Å²) < 4.78 is 0. The molecule has 4 aliphatic rings. The molecule has 4 aliphatic heterocycles. The van der Waals surface area contributed by atoms with E-state index in [1.165, 1.54) is 0 Å². The van der Waals surface area contributed by atoms with Crippen LogP contribution in [0.15, 0.2) is 129 Å². The first-order chi connectivity index (χ1) is 33.6. The van der Waals surface area contributed by atoms with Crippen molar-refractivity contribution in [3.8, 4) is 46.1 Å². The Labute approximate surface area is 388 Å². The van der Waals surface area contributed by atoms with E-state index < -0.39 is 0 Å². The van der Waals surface area contributed by atoms with Crippen LogP contribution in [0.2, 0.25) is 0 Å². The van der Waals surface area contributed by atoms with Crippen molar-refractivity contribution >= 4 is 92.2 Å². The summed E-state index contributed by atoms with van der Waals surface area (Å²) in [5, 5.41) is 0. The second-order valence-electron chi connectivity index (χ2n) is 16.8. The standard InChI is InChI=1S/2C25H21N9/c2*1-2-20(24-29-18-6-4-16(12-22(18)31-24)33-10-8-26-14-33)28-21(3-1)25-30-19-7-5-17(13-23(19)32-25)34-11-9-27-15-34/h2*1-7,12-15H,8-11H2,(H,29,31)(H,30,32). The molecule has 10 heterocycles. The lowest BCUT2D eigenvalue weighted by molar-refractivity contribution is 1.02. The number of nitrogens with zero attached hydrogens (tertiary/aromatic N) is 14. The molecule has 68 heavy (non-hydrogen) atoms. The van der Waals surface area contributed by atoms with E-state index in [0.29, 0.717) is 0 Å². The first-order valence-electron chi connectivity index (χ1n) is 22.6. The van der Waals surface area contributed by atoms with Crippen molar-refractivity contribution in [2.45, 2.75) is 0 Å². The second kappa shape index (κ2) is 16.4. The van der Waals surface area contributed by atoms with Gasteiger partial charge in [-0.15, -0.1) is 0 Å². The van der Waals surface area contributed by atoms with E-state index >= 15 is 0 Å². The van der Waals surface area contributed by atoms with Crippen molar-refractivity contribution < 1.29 is 0 Å². The number of aliphatic imine (C=N–C) groups is 4. The van der Waals surface area contributed by atoms with Crippen molar-refractivity contribution in [2.75, 3.05) is 72.0 Å². The Hall–Kier alpha value is -9.06. The van der Waals surface area contributed by atoms with Gasteiger partial charge in [0.2, 0.25) is 0 Å². The van der Waals surface area contributed by atoms with Crippen LogP contribution in [-0.2, 0) is 0 Å². The van der Waals surface area contributed by atoms with E-state index in [2.05, 4.69) is 108 Å². The highest BCUT2D eigenvalue weighted by atomic mass is 15.2. The van der Waals surface area contributed by atoms with E-state index in [-0.39, 0.29) is 0 Å². The molecule has 0 aliphatic carbocycles. The molecule has 0 atom stereocenters. The molecule has 18 nitrogen and oxygen atoms in total. The molecule has 0 saturated carbocycles. The monoisotopic (exact) mass is 894 g/mol. The lowest BCUT2D eigenvalue weighted by Crippen LogP contribution is -2.17. The molecular weight excluding hydrogens is 853 g/mol.